The van der Waals surface area contributed by atoms with Gasteiger partial charge in [-0.25, -0.2) is 0 Å². The Balaban J connectivity index is 1.93. The molecule has 0 amide bonds. The van der Waals surface area contributed by atoms with Crippen LogP contribution in [0.1, 0.15) is 16.8 Å². The van der Waals surface area contributed by atoms with E-state index in [9.17, 15) is 15.2 Å². The standard InChI is InChI=1S/C24H17N3O2/c25-14-17-6-1-2-9-21(17)22-12-18(23-10-3-4-11-26-23)15-27(24(22)16-28)19-7-5-8-20(29)13-19/h1-13,15-16,24,29H. The van der Waals surface area contributed by atoms with E-state index >= 15 is 0 Å². The van der Waals surface area contributed by atoms with Crippen molar-refractivity contribution < 1.29 is 9.90 Å². The molecule has 0 saturated carbocycles. The number of aldehydes is 1. The number of rotatable bonds is 4. The maximum Gasteiger partial charge on any atom is 0.147 e. The van der Waals surface area contributed by atoms with Gasteiger partial charge in [0.05, 0.1) is 17.3 Å². The number of benzene rings is 2. The quantitative estimate of drug-likeness (QED) is 0.689. The number of anilines is 1. The SMILES string of the molecule is N#Cc1ccccc1C1=CC(c2ccccn2)=CN(c2cccc(O)c2)C1C=O. The molecule has 1 aromatic heterocycles. The van der Waals surface area contributed by atoms with Crippen molar-refractivity contribution in [1.29, 1.82) is 5.26 Å². The van der Waals surface area contributed by atoms with Crippen LogP contribution in [0.3, 0.4) is 0 Å². The molecule has 4 rings (SSSR count). The summed E-state index contributed by atoms with van der Waals surface area (Å²) in [5.74, 6) is 0.105. The smallest absolute Gasteiger partial charge is 0.147 e. The molecule has 29 heavy (non-hydrogen) atoms. The maximum atomic E-state index is 12.2. The number of aromatic hydroxyl groups is 1. The van der Waals surface area contributed by atoms with Gasteiger partial charge in [-0.05, 0) is 47.5 Å². The number of hydrogen-bond acceptors (Lipinski definition) is 5. The first kappa shape index (κ1) is 18.2. The van der Waals surface area contributed by atoms with Crippen molar-refractivity contribution in [3.05, 3.63) is 102 Å². The molecule has 0 radical (unpaired) electrons. The maximum absolute atomic E-state index is 12.2. The Morgan fingerprint density at radius 3 is 2.62 bits per heavy atom. The summed E-state index contributed by atoms with van der Waals surface area (Å²) in [6.07, 6.45) is 6.29. The molecule has 1 atom stereocenters. The van der Waals surface area contributed by atoms with Gasteiger partial charge in [0, 0.05) is 29.7 Å². The van der Waals surface area contributed by atoms with E-state index in [4.69, 9.17) is 0 Å². The van der Waals surface area contributed by atoms with E-state index in [-0.39, 0.29) is 5.75 Å². The molecule has 0 spiro atoms. The molecule has 1 aliphatic rings. The van der Waals surface area contributed by atoms with Crippen LogP contribution in [-0.4, -0.2) is 22.4 Å². The Bertz CT molecular complexity index is 1160. The molecular formula is C24H17N3O2. The van der Waals surface area contributed by atoms with Crippen molar-refractivity contribution in [2.75, 3.05) is 4.90 Å². The minimum Gasteiger partial charge on any atom is -0.508 e. The van der Waals surface area contributed by atoms with Gasteiger partial charge in [-0.15, -0.1) is 0 Å². The molecule has 1 unspecified atom stereocenters. The van der Waals surface area contributed by atoms with Crippen LogP contribution in [0.5, 0.6) is 5.75 Å². The Hall–Kier alpha value is -4.17. The molecule has 0 saturated heterocycles. The van der Waals surface area contributed by atoms with Crippen LogP contribution < -0.4 is 4.90 Å². The molecular weight excluding hydrogens is 362 g/mol. The zero-order valence-electron chi connectivity index (χ0n) is 15.4. The van der Waals surface area contributed by atoms with Gasteiger partial charge >= 0.3 is 0 Å². The predicted molar refractivity (Wildman–Crippen MR) is 112 cm³/mol. The summed E-state index contributed by atoms with van der Waals surface area (Å²) in [6.45, 7) is 0. The van der Waals surface area contributed by atoms with Crippen molar-refractivity contribution >= 4 is 23.1 Å². The normalized spacial score (nSPS) is 15.8. The molecule has 0 bridgehead atoms. The van der Waals surface area contributed by atoms with Crippen LogP contribution in [0, 0.1) is 11.3 Å². The minimum atomic E-state index is -0.654. The van der Waals surface area contributed by atoms with Crippen LogP contribution in [0.4, 0.5) is 5.69 Å². The van der Waals surface area contributed by atoms with E-state index in [0.29, 0.717) is 22.4 Å². The molecule has 140 valence electrons. The van der Waals surface area contributed by atoms with Crippen LogP contribution in [-0.2, 0) is 4.79 Å². The number of hydrogen-bond donors (Lipinski definition) is 1. The lowest BCUT2D eigenvalue weighted by molar-refractivity contribution is -0.107. The Labute approximate surface area is 168 Å². The predicted octanol–water partition coefficient (Wildman–Crippen LogP) is 4.17. The third-order valence-electron chi connectivity index (χ3n) is 4.78. The highest BCUT2D eigenvalue weighted by Crippen LogP contribution is 2.36. The van der Waals surface area contributed by atoms with Crippen LogP contribution >= 0.6 is 0 Å². The van der Waals surface area contributed by atoms with Gasteiger partial charge in [-0.1, -0.05) is 30.3 Å². The van der Waals surface area contributed by atoms with Crippen molar-refractivity contribution in [3.8, 4) is 11.8 Å². The van der Waals surface area contributed by atoms with Crippen molar-refractivity contribution in [2.45, 2.75) is 6.04 Å². The fourth-order valence-corrected chi connectivity index (χ4v) is 3.44. The molecule has 2 heterocycles. The van der Waals surface area contributed by atoms with Gasteiger partial charge in [0.15, 0.2) is 0 Å². The number of allylic oxidation sites excluding steroid dienone is 2. The van der Waals surface area contributed by atoms with Gasteiger partial charge in [0.25, 0.3) is 0 Å². The molecule has 0 fully saturated rings. The van der Waals surface area contributed by atoms with Gasteiger partial charge in [0.2, 0.25) is 0 Å². The van der Waals surface area contributed by atoms with Crippen LogP contribution in [0.25, 0.3) is 11.1 Å². The molecule has 1 aliphatic heterocycles. The van der Waals surface area contributed by atoms with E-state index in [0.717, 1.165) is 17.6 Å². The number of carbonyl (C=O) groups is 1. The van der Waals surface area contributed by atoms with Gasteiger partial charge in [-0.2, -0.15) is 5.26 Å². The third-order valence-corrected chi connectivity index (χ3v) is 4.78. The Morgan fingerprint density at radius 2 is 1.90 bits per heavy atom. The van der Waals surface area contributed by atoms with Crippen molar-refractivity contribution in [2.24, 2.45) is 0 Å². The summed E-state index contributed by atoms with van der Waals surface area (Å²) >= 11 is 0. The van der Waals surface area contributed by atoms with Crippen molar-refractivity contribution in [3.63, 3.8) is 0 Å². The number of nitrogens with zero attached hydrogens (tertiary/aromatic N) is 3. The zero-order chi connectivity index (χ0) is 20.2. The largest absolute Gasteiger partial charge is 0.508 e. The second kappa shape index (κ2) is 7.83. The summed E-state index contributed by atoms with van der Waals surface area (Å²) < 4.78 is 0. The fraction of sp³-hybridized carbons (Fsp3) is 0.0417. The van der Waals surface area contributed by atoms with Crippen LogP contribution in [0.2, 0.25) is 0 Å². The zero-order valence-corrected chi connectivity index (χ0v) is 15.4. The monoisotopic (exact) mass is 379 g/mol. The number of phenolic OH excluding ortho intramolecular Hbond substituents is 1. The van der Waals surface area contributed by atoms with E-state index in [1.54, 1.807) is 41.4 Å². The highest BCUT2D eigenvalue weighted by molar-refractivity contribution is 5.99. The Morgan fingerprint density at radius 1 is 1.07 bits per heavy atom. The second-order valence-electron chi connectivity index (χ2n) is 6.56. The van der Waals surface area contributed by atoms with Gasteiger partial charge in [0.1, 0.15) is 18.1 Å². The lowest BCUT2D eigenvalue weighted by Crippen LogP contribution is -2.35. The lowest BCUT2D eigenvalue weighted by Gasteiger charge is -2.33. The van der Waals surface area contributed by atoms with E-state index in [1.165, 1.54) is 0 Å². The molecule has 2 aromatic carbocycles. The summed E-state index contributed by atoms with van der Waals surface area (Å²) in [4.78, 5) is 18.4. The lowest BCUT2D eigenvalue weighted by atomic mass is 9.89. The number of aromatic nitrogens is 1. The topological polar surface area (TPSA) is 77.2 Å². The second-order valence-corrected chi connectivity index (χ2v) is 6.56. The molecule has 0 aliphatic carbocycles. The van der Waals surface area contributed by atoms with Crippen LogP contribution in [0.15, 0.2) is 85.2 Å². The molecule has 3 aromatic rings. The number of nitriles is 1. The minimum absolute atomic E-state index is 0.105. The summed E-state index contributed by atoms with van der Waals surface area (Å²) in [6, 6.07) is 21.1. The molecule has 5 heteroatoms. The summed E-state index contributed by atoms with van der Waals surface area (Å²) in [5, 5.41) is 19.5. The van der Waals surface area contributed by atoms with E-state index in [2.05, 4.69) is 11.1 Å². The summed E-state index contributed by atoms with van der Waals surface area (Å²) in [7, 11) is 0. The highest BCUT2D eigenvalue weighted by atomic mass is 16.3. The number of pyridine rings is 1. The first-order valence-electron chi connectivity index (χ1n) is 9.08. The van der Waals surface area contributed by atoms with Crippen molar-refractivity contribution in [1.82, 2.24) is 4.98 Å². The van der Waals surface area contributed by atoms with E-state index < -0.39 is 6.04 Å². The summed E-state index contributed by atoms with van der Waals surface area (Å²) in [5.41, 5.74) is 4.09. The molecule has 1 N–H and O–H groups in total. The van der Waals surface area contributed by atoms with Gasteiger partial charge in [-0.3, -0.25) is 4.98 Å². The fourth-order valence-electron chi connectivity index (χ4n) is 3.44. The Kier molecular flexibility index (Phi) is 4.91. The number of phenols is 1. The third kappa shape index (κ3) is 3.52. The first-order chi connectivity index (χ1) is 14.2. The molecule has 5 nitrogen and oxygen atoms in total. The van der Waals surface area contributed by atoms with Gasteiger partial charge < -0.3 is 14.8 Å². The number of carbonyl (C=O) groups excluding carboxylic acids is 1. The highest BCUT2D eigenvalue weighted by Gasteiger charge is 2.28. The average Bonchev–Trinajstić information content (AvgIpc) is 2.78. The average molecular weight is 379 g/mol. The first-order valence-corrected chi connectivity index (χ1v) is 9.08. The van der Waals surface area contributed by atoms with E-state index in [1.807, 2.05) is 48.7 Å².